The maximum atomic E-state index is 5.93. The predicted octanol–water partition coefficient (Wildman–Crippen LogP) is 4.52. The Kier molecular flexibility index (Phi) is 4.38. The number of ether oxygens (including phenoxy) is 1. The molecule has 0 heterocycles. The van der Waals surface area contributed by atoms with Gasteiger partial charge in [0.25, 0.3) is 0 Å². The van der Waals surface area contributed by atoms with Crippen molar-refractivity contribution in [1.82, 2.24) is 0 Å². The van der Waals surface area contributed by atoms with Crippen LogP contribution in [0.1, 0.15) is 19.4 Å². The zero-order chi connectivity index (χ0) is 13.8. The number of benzene rings is 2. The quantitative estimate of drug-likeness (QED) is 0.832. The molecule has 2 aromatic rings. The minimum atomic E-state index is 0.151. The van der Waals surface area contributed by atoms with Gasteiger partial charge in [-0.2, -0.15) is 0 Å². The van der Waals surface area contributed by atoms with Gasteiger partial charge in [0.2, 0.25) is 0 Å². The molecule has 0 amide bonds. The Morgan fingerprint density at radius 3 is 2.53 bits per heavy atom. The van der Waals surface area contributed by atoms with Crippen molar-refractivity contribution in [3.63, 3.8) is 0 Å². The summed E-state index contributed by atoms with van der Waals surface area (Å²) in [5, 5.41) is 0. The smallest absolute Gasteiger partial charge is 0.122 e. The van der Waals surface area contributed by atoms with E-state index in [1.807, 2.05) is 32.0 Å². The van der Waals surface area contributed by atoms with Crippen molar-refractivity contribution in [1.29, 1.82) is 0 Å². The van der Waals surface area contributed by atoms with Crippen molar-refractivity contribution in [3.8, 4) is 5.75 Å². The summed E-state index contributed by atoms with van der Waals surface area (Å²) in [6.07, 6.45) is 0.151. The molecule has 0 radical (unpaired) electrons. The van der Waals surface area contributed by atoms with Crippen LogP contribution in [0.5, 0.6) is 5.75 Å². The SMILES string of the molecule is Cc1cccc(Sc2cc(N)cc(OC(C)C)c2)c1. The van der Waals surface area contributed by atoms with E-state index in [-0.39, 0.29) is 6.10 Å². The highest BCUT2D eigenvalue weighted by Gasteiger charge is 2.04. The molecule has 2 N–H and O–H groups in total. The van der Waals surface area contributed by atoms with Gasteiger partial charge in [0.05, 0.1) is 6.10 Å². The molecule has 2 aromatic carbocycles. The van der Waals surface area contributed by atoms with Gasteiger partial charge < -0.3 is 10.5 Å². The van der Waals surface area contributed by atoms with Gasteiger partial charge >= 0.3 is 0 Å². The molecule has 100 valence electrons. The van der Waals surface area contributed by atoms with Crippen molar-refractivity contribution in [3.05, 3.63) is 48.0 Å². The standard InChI is InChI=1S/C16H19NOS/c1-11(2)18-14-8-13(17)9-16(10-14)19-15-6-4-5-12(3)7-15/h4-11H,17H2,1-3H3. The monoisotopic (exact) mass is 273 g/mol. The van der Waals surface area contributed by atoms with E-state index in [9.17, 15) is 0 Å². The molecule has 2 rings (SSSR count). The highest BCUT2D eigenvalue weighted by atomic mass is 32.2. The number of nitrogens with two attached hydrogens (primary N) is 1. The van der Waals surface area contributed by atoms with Crippen molar-refractivity contribution >= 4 is 17.4 Å². The Hall–Kier alpha value is -1.61. The molecular weight excluding hydrogens is 254 g/mol. The van der Waals surface area contributed by atoms with E-state index < -0.39 is 0 Å². The molecule has 0 unspecified atom stereocenters. The number of rotatable bonds is 4. The maximum Gasteiger partial charge on any atom is 0.122 e. The molecule has 19 heavy (non-hydrogen) atoms. The average Bonchev–Trinajstić information content (AvgIpc) is 2.26. The third-order valence-corrected chi connectivity index (χ3v) is 3.46. The lowest BCUT2D eigenvalue weighted by Crippen LogP contribution is -2.05. The third kappa shape index (κ3) is 4.21. The van der Waals surface area contributed by atoms with Crippen LogP contribution in [0.15, 0.2) is 52.3 Å². The lowest BCUT2D eigenvalue weighted by molar-refractivity contribution is 0.242. The number of hydrogen-bond acceptors (Lipinski definition) is 3. The van der Waals surface area contributed by atoms with E-state index in [2.05, 4.69) is 31.2 Å². The average molecular weight is 273 g/mol. The highest BCUT2D eigenvalue weighted by Crippen LogP contribution is 2.32. The van der Waals surface area contributed by atoms with Crippen LogP contribution < -0.4 is 10.5 Å². The zero-order valence-electron chi connectivity index (χ0n) is 11.5. The van der Waals surface area contributed by atoms with Crippen LogP contribution in [-0.2, 0) is 0 Å². The summed E-state index contributed by atoms with van der Waals surface area (Å²) in [5.74, 6) is 0.824. The van der Waals surface area contributed by atoms with Crippen molar-refractivity contribution in [2.45, 2.75) is 36.7 Å². The summed E-state index contributed by atoms with van der Waals surface area (Å²) in [7, 11) is 0. The molecule has 0 saturated heterocycles. The fraction of sp³-hybridized carbons (Fsp3) is 0.250. The van der Waals surface area contributed by atoms with Crippen LogP contribution in [-0.4, -0.2) is 6.10 Å². The van der Waals surface area contributed by atoms with Crippen LogP contribution in [0.2, 0.25) is 0 Å². The van der Waals surface area contributed by atoms with Gasteiger partial charge in [-0.25, -0.2) is 0 Å². The number of hydrogen-bond donors (Lipinski definition) is 1. The summed E-state index contributed by atoms with van der Waals surface area (Å²) in [6, 6.07) is 14.3. The van der Waals surface area contributed by atoms with Gasteiger partial charge in [-0.05, 0) is 45.0 Å². The Bertz CT molecular complexity index is 566. The molecule has 0 aliphatic carbocycles. The van der Waals surface area contributed by atoms with Gasteiger partial charge in [0, 0.05) is 21.5 Å². The van der Waals surface area contributed by atoms with Gasteiger partial charge in [-0.3, -0.25) is 0 Å². The van der Waals surface area contributed by atoms with Gasteiger partial charge in [-0.15, -0.1) is 0 Å². The summed E-state index contributed by atoms with van der Waals surface area (Å²) >= 11 is 1.70. The van der Waals surface area contributed by atoms with E-state index in [1.165, 1.54) is 10.5 Å². The molecular formula is C16H19NOS. The van der Waals surface area contributed by atoms with E-state index in [4.69, 9.17) is 10.5 Å². The first-order valence-corrected chi connectivity index (χ1v) is 7.16. The Labute approximate surface area is 119 Å². The zero-order valence-corrected chi connectivity index (χ0v) is 12.3. The molecule has 0 spiro atoms. The minimum Gasteiger partial charge on any atom is -0.491 e. The molecule has 0 saturated carbocycles. The van der Waals surface area contributed by atoms with Gasteiger partial charge in [0.1, 0.15) is 5.75 Å². The van der Waals surface area contributed by atoms with E-state index in [0.717, 1.165) is 16.3 Å². The lowest BCUT2D eigenvalue weighted by atomic mass is 10.2. The van der Waals surface area contributed by atoms with E-state index >= 15 is 0 Å². The normalized spacial score (nSPS) is 10.7. The second-order valence-electron chi connectivity index (χ2n) is 4.82. The van der Waals surface area contributed by atoms with Crippen LogP contribution in [0.4, 0.5) is 5.69 Å². The maximum absolute atomic E-state index is 5.93. The summed E-state index contributed by atoms with van der Waals surface area (Å²) in [4.78, 5) is 2.31. The second kappa shape index (κ2) is 6.02. The Balaban J connectivity index is 2.22. The van der Waals surface area contributed by atoms with Gasteiger partial charge in [0.15, 0.2) is 0 Å². The van der Waals surface area contributed by atoms with Gasteiger partial charge in [-0.1, -0.05) is 29.5 Å². The molecule has 0 fully saturated rings. The lowest BCUT2D eigenvalue weighted by Gasteiger charge is -2.12. The van der Waals surface area contributed by atoms with E-state index in [1.54, 1.807) is 11.8 Å². The van der Waals surface area contributed by atoms with Crippen LogP contribution in [0.25, 0.3) is 0 Å². The Morgan fingerprint density at radius 1 is 1.05 bits per heavy atom. The first-order chi connectivity index (χ1) is 9.02. The fourth-order valence-electron chi connectivity index (χ4n) is 1.81. The summed E-state index contributed by atoms with van der Waals surface area (Å²) in [6.45, 7) is 6.11. The predicted molar refractivity (Wildman–Crippen MR) is 81.9 cm³/mol. The van der Waals surface area contributed by atoms with Crippen LogP contribution in [0.3, 0.4) is 0 Å². The van der Waals surface area contributed by atoms with Crippen LogP contribution in [0, 0.1) is 6.92 Å². The topological polar surface area (TPSA) is 35.2 Å². The van der Waals surface area contributed by atoms with E-state index in [0.29, 0.717) is 0 Å². The fourth-order valence-corrected chi connectivity index (χ4v) is 2.84. The first kappa shape index (κ1) is 13.8. The van der Waals surface area contributed by atoms with Crippen molar-refractivity contribution in [2.24, 2.45) is 0 Å². The highest BCUT2D eigenvalue weighted by molar-refractivity contribution is 7.99. The summed E-state index contributed by atoms with van der Waals surface area (Å²) < 4.78 is 5.70. The molecule has 3 heteroatoms. The summed E-state index contributed by atoms with van der Waals surface area (Å²) in [5.41, 5.74) is 7.91. The van der Waals surface area contributed by atoms with Crippen molar-refractivity contribution < 1.29 is 4.74 Å². The van der Waals surface area contributed by atoms with Crippen LogP contribution >= 0.6 is 11.8 Å². The number of anilines is 1. The molecule has 0 aromatic heterocycles. The third-order valence-electron chi connectivity index (χ3n) is 2.50. The molecule has 0 atom stereocenters. The number of aryl methyl sites for hydroxylation is 1. The largest absolute Gasteiger partial charge is 0.491 e. The molecule has 0 aliphatic rings. The molecule has 0 aliphatic heterocycles. The minimum absolute atomic E-state index is 0.151. The number of nitrogen functional groups attached to an aromatic ring is 1. The molecule has 0 bridgehead atoms. The molecule has 2 nitrogen and oxygen atoms in total. The Morgan fingerprint density at radius 2 is 1.84 bits per heavy atom. The van der Waals surface area contributed by atoms with Crippen molar-refractivity contribution in [2.75, 3.05) is 5.73 Å². The second-order valence-corrected chi connectivity index (χ2v) is 5.97. The first-order valence-electron chi connectivity index (χ1n) is 6.34.